The number of nitrogens with zero attached hydrogens (tertiary/aromatic N) is 2. The second-order valence-corrected chi connectivity index (χ2v) is 8.60. The van der Waals surface area contributed by atoms with Crippen LogP contribution in [0, 0.1) is 13.8 Å². The number of aryl methyl sites for hydroxylation is 2. The number of anilines is 1. The lowest BCUT2D eigenvalue weighted by molar-refractivity contribution is -0.894. The van der Waals surface area contributed by atoms with Crippen molar-refractivity contribution in [3.8, 4) is 5.75 Å². The van der Waals surface area contributed by atoms with E-state index in [9.17, 15) is 4.79 Å². The van der Waals surface area contributed by atoms with Gasteiger partial charge in [-0.25, -0.2) is 4.98 Å². The molecule has 3 rings (SSSR count). The number of carbonyl (C=O) groups excluding carboxylic acids is 1. The van der Waals surface area contributed by atoms with Gasteiger partial charge in [-0.2, -0.15) is 0 Å². The van der Waals surface area contributed by atoms with Gasteiger partial charge in [0.1, 0.15) is 5.75 Å². The van der Waals surface area contributed by atoms with E-state index in [1.54, 1.807) is 11.3 Å². The largest absolute Gasteiger partial charge is 0.493 e. The molecule has 0 aliphatic heterocycles. The molecule has 1 N–H and O–H groups in total. The zero-order chi connectivity index (χ0) is 21.5. The number of likely N-dealkylation sites (N-methyl/N-ethyl adjacent to an activating group) is 1. The van der Waals surface area contributed by atoms with Crippen molar-refractivity contribution in [3.63, 3.8) is 0 Å². The Morgan fingerprint density at radius 3 is 2.57 bits per heavy atom. The number of ether oxygens (including phenoxy) is 1. The van der Waals surface area contributed by atoms with Crippen molar-refractivity contribution in [2.24, 2.45) is 0 Å². The third-order valence-electron chi connectivity index (χ3n) is 5.37. The number of hydrogen-bond donors (Lipinski definition) is 1. The molecule has 30 heavy (non-hydrogen) atoms. The maximum absolute atomic E-state index is 13.2. The van der Waals surface area contributed by atoms with Crippen LogP contribution in [0.2, 0.25) is 0 Å². The molecule has 0 atom stereocenters. The van der Waals surface area contributed by atoms with Crippen LogP contribution in [0.1, 0.15) is 31.4 Å². The average molecular weight is 427 g/mol. The topological polar surface area (TPSA) is 46.9 Å². The summed E-state index contributed by atoms with van der Waals surface area (Å²) in [6, 6.07) is 13.9. The number of carbonyl (C=O) groups is 1. The van der Waals surface area contributed by atoms with Gasteiger partial charge in [0.15, 0.2) is 5.13 Å². The van der Waals surface area contributed by atoms with Crippen LogP contribution in [0.25, 0.3) is 10.2 Å². The molecule has 0 aliphatic carbocycles. The molecule has 0 saturated heterocycles. The fraction of sp³-hybridized carbons (Fsp3) is 0.417. The van der Waals surface area contributed by atoms with Crippen molar-refractivity contribution in [2.45, 2.75) is 34.1 Å². The number of para-hydroxylation sites is 1. The van der Waals surface area contributed by atoms with Gasteiger partial charge in [-0.05, 0) is 57.0 Å². The lowest BCUT2D eigenvalue weighted by Gasteiger charge is -2.23. The maximum Gasteiger partial charge on any atom is 0.232 e. The van der Waals surface area contributed by atoms with Gasteiger partial charge < -0.3 is 9.64 Å². The van der Waals surface area contributed by atoms with E-state index in [-0.39, 0.29) is 5.91 Å². The average Bonchev–Trinajstić information content (AvgIpc) is 3.16. The standard InChI is InChI=1S/C24H31N3O2S/c1-5-26(6-2)13-14-27(22(28)12-15-29-20-10-8-7-9-11-20)24-25-23-19(4)16-18(3)17-21(23)30-24/h7-11,16-17H,5-6,12-15H2,1-4H3/p+1. The molecule has 0 aliphatic rings. The fourth-order valence-electron chi connectivity index (χ4n) is 3.58. The number of nitrogens with one attached hydrogen (secondary N) is 1. The summed E-state index contributed by atoms with van der Waals surface area (Å²) in [7, 11) is 0. The van der Waals surface area contributed by atoms with Gasteiger partial charge in [0, 0.05) is 0 Å². The molecule has 0 saturated carbocycles. The Morgan fingerprint density at radius 2 is 1.87 bits per heavy atom. The highest BCUT2D eigenvalue weighted by Crippen LogP contribution is 2.31. The van der Waals surface area contributed by atoms with Gasteiger partial charge in [-0.15, -0.1) is 0 Å². The summed E-state index contributed by atoms with van der Waals surface area (Å²) in [5.41, 5.74) is 3.37. The molecule has 1 heterocycles. The number of rotatable bonds is 10. The summed E-state index contributed by atoms with van der Waals surface area (Å²) in [4.78, 5) is 21.3. The number of benzene rings is 2. The number of quaternary nitrogens is 1. The van der Waals surface area contributed by atoms with Gasteiger partial charge in [0.2, 0.25) is 5.91 Å². The molecule has 0 bridgehead atoms. The monoisotopic (exact) mass is 426 g/mol. The van der Waals surface area contributed by atoms with Crippen molar-refractivity contribution in [1.29, 1.82) is 0 Å². The van der Waals surface area contributed by atoms with E-state index in [1.165, 1.54) is 10.5 Å². The van der Waals surface area contributed by atoms with Crippen LogP contribution in [-0.4, -0.2) is 43.7 Å². The number of hydrogen-bond acceptors (Lipinski definition) is 4. The van der Waals surface area contributed by atoms with Gasteiger partial charge >= 0.3 is 0 Å². The van der Waals surface area contributed by atoms with Crippen molar-refractivity contribution in [1.82, 2.24) is 4.98 Å². The summed E-state index contributed by atoms with van der Waals surface area (Å²) < 4.78 is 6.89. The first-order chi connectivity index (χ1) is 14.5. The SMILES string of the molecule is CC[NH+](CC)CCN(C(=O)CCOc1ccccc1)c1nc2c(C)cc(C)cc2s1. The number of fused-ring (bicyclic) bond motifs is 1. The minimum absolute atomic E-state index is 0.0610. The predicted octanol–water partition coefficient (Wildman–Crippen LogP) is 3.64. The number of aromatic nitrogens is 1. The summed E-state index contributed by atoms with van der Waals surface area (Å²) in [5.74, 6) is 0.849. The Balaban J connectivity index is 1.77. The van der Waals surface area contributed by atoms with Crippen LogP contribution in [-0.2, 0) is 4.79 Å². The Labute approximate surface area is 183 Å². The minimum Gasteiger partial charge on any atom is -0.493 e. The molecule has 3 aromatic rings. The maximum atomic E-state index is 13.2. The molecule has 6 heteroatoms. The third-order valence-corrected chi connectivity index (χ3v) is 6.39. The van der Waals surface area contributed by atoms with Gasteiger partial charge in [0.05, 0.1) is 49.4 Å². The van der Waals surface area contributed by atoms with Crippen LogP contribution < -0.4 is 14.5 Å². The second kappa shape index (κ2) is 10.5. The quantitative estimate of drug-likeness (QED) is 0.538. The highest BCUT2D eigenvalue weighted by atomic mass is 32.1. The molecular weight excluding hydrogens is 394 g/mol. The first-order valence-corrected chi connectivity index (χ1v) is 11.5. The molecule has 5 nitrogen and oxygen atoms in total. The smallest absolute Gasteiger partial charge is 0.232 e. The van der Waals surface area contributed by atoms with Crippen LogP contribution in [0.5, 0.6) is 5.75 Å². The van der Waals surface area contributed by atoms with Crippen molar-refractivity contribution in [2.75, 3.05) is 37.7 Å². The lowest BCUT2D eigenvalue weighted by Crippen LogP contribution is -3.12. The highest BCUT2D eigenvalue weighted by molar-refractivity contribution is 7.22. The van der Waals surface area contributed by atoms with E-state index in [1.807, 2.05) is 35.2 Å². The molecule has 0 radical (unpaired) electrons. The molecule has 1 amide bonds. The van der Waals surface area contributed by atoms with E-state index < -0.39 is 0 Å². The minimum atomic E-state index is 0.0610. The van der Waals surface area contributed by atoms with Gasteiger partial charge in [-0.3, -0.25) is 9.69 Å². The van der Waals surface area contributed by atoms with E-state index in [0.29, 0.717) is 19.6 Å². The van der Waals surface area contributed by atoms with Crippen LogP contribution in [0.15, 0.2) is 42.5 Å². The van der Waals surface area contributed by atoms with E-state index in [0.717, 1.165) is 46.3 Å². The van der Waals surface area contributed by atoms with Crippen LogP contribution >= 0.6 is 11.3 Å². The molecule has 0 unspecified atom stereocenters. The molecule has 1 aromatic heterocycles. The zero-order valence-electron chi connectivity index (χ0n) is 18.4. The van der Waals surface area contributed by atoms with E-state index in [4.69, 9.17) is 9.72 Å². The molecule has 0 fully saturated rings. The third kappa shape index (κ3) is 5.58. The number of thiazole rings is 1. The van der Waals surface area contributed by atoms with Gasteiger partial charge in [0.25, 0.3) is 0 Å². The fourth-order valence-corrected chi connectivity index (χ4v) is 4.77. The van der Waals surface area contributed by atoms with E-state index in [2.05, 4.69) is 39.8 Å². The Bertz CT molecular complexity index is 967. The van der Waals surface area contributed by atoms with Crippen LogP contribution in [0.3, 0.4) is 0 Å². The Kier molecular flexibility index (Phi) is 7.82. The summed E-state index contributed by atoms with van der Waals surface area (Å²) in [6.07, 6.45) is 0.330. The predicted molar refractivity (Wildman–Crippen MR) is 125 cm³/mol. The van der Waals surface area contributed by atoms with Crippen molar-refractivity contribution < 1.29 is 14.4 Å². The Morgan fingerprint density at radius 1 is 1.13 bits per heavy atom. The zero-order valence-corrected chi connectivity index (χ0v) is 19.2. The normalized spacial score (nSPS) is 11.2. The van der Waals surface area contributed by atoms with E-state index >= 15 is 0 Å². The molecule has 160 valence electrons. The van der Waals surface area contributed by atoms with Crippen molar-refractivity contribution in [3.05, 3.63) is 53.6 Å². The van der Waals surface area contributed by atoms with Crippen molar-refractivity contribution >= 4 is 32.6 Å². The number of amides is 1. The summed E-state index contributed by atoms with van der Waals surface area (Å²) >= 11 is 1.60. The summed E-state index contributed by atoms with van der Waals surface area (Å²) in [6.45, 7) is 12.6. The lowest BCUT2D eigenvalue weighted by atomic mass is 10.1. The first kappa shape index (κ1) is 22.2. The summed E-state index contributed by atoms with van der Waals surface area (Å²) in [5, 5.41) is 0.787. The molecular formula is C24H32N3O2S+. The molecule has 0 spiro atoms. The first-order valence-electron chi connectivity index (χ1n) is 10.7. The second-order valence-electron chi connectivity index (χ2n) is 7.59. The highest BCUT2D eigenvalue weighted by Gasteiger charge is 2.22. The molecule has 2 aromatic carbocycles. The van der Waals surface area contributed by atoms with Gasteiger partial charge in [-0.1, -0.05) is 35.6 Å². The Hall–Kier alpha value is -2.44. The van der Waals surface area contributed by atoms with Crippen LogP contribution in [0.4, 0.5) is 5.13 Å².